The molecule has 0 fully saturated rings. The van der Waals surface area contributed by atoms with Crippen LogP contribution in [0.3, 0.4) is 0 Å². The average molecular weight is 227 g/mol. The molecule has 0 aliphatic heterocycles. The second-order valence-electron chi connectivity index (χ2n) is 3.61. The molecule has 0 amide bonds. The third-order valence-electron chi connectivity index (χ3n) is 2.38. The van der Waals surface area contributed by atoms with Gasteiger partial charge in [0.15, 0.2) is 0 Å². The van der Waals surface area contributed by atoms with E-state index in [-0.39, 0.29) is 7.43 Å². The molecular weight excluding hydrogens is 210 g/mol. The summed E-state index contributed by atoms with van der Waals surface area (Å²) in [7, 11) is 0. The van der Waals surface area contributed by atoms with Crippen LogP contribution in [0.2, 0.25) is 0 Å². The summed E-state index contributed by atoms with van der Waals surface area (Å²) in [6, 6.07) is 15.3. The predicted octanol–water partition coefficient (Wildman–Crippen LogP) is 4.09. The molecule has 0 aliphatic carbocycles. The van der Waals surface area contributed by atoms with Crippen LogP contribution in [0.1, 0.15) is 18.6 Å². The molecule has 2 aromatic carbocycles. The summed E-state index contributed by atoms with van der Waals surface area (Å²) < 4.78 is 0. The number of hydrogen-bond acceptors (Lipinski definition) is 2. The molecule has 0 unspecified atom stereocenters. The summed E-state index contributed by atoms with van der Waals surface area (Å²) in [6.07, 6.45) is 1.68. The predicted molar refractivity (Wildman–Crippen MR) is 73.3 cm³/mol. The third kappa shape index (κ3) is 3.18. The van der Waals surface area contributed by atoms with Gasteiger partial charge in [0.2, 0.25) is 0 Å². The lowest BCUT2D eigenvalue weighted by Gasteiger charge is -2.01. The number of aromatic hydroxyl groups is 1. The minimum atomic E-state index is 0. The Morgan fingerprint density at radius 3 is 2.41 bits per heavy atom. The first kappa shape index (κ1) is 13.0. The molecule has 0 saturated heterocycles. The smallest absolute Gasteiger partial charge is 0.127 e. The van der Waals surface area contributed by atoms with Gasteiger partial charge in [-0.05, 0) is 30.7 Å². The Balaban J connectivity index is 0.00000144. The lowest BCUT2D eigenvalue weighted by Crippen LogP contribution is -1.84. The van der Waals surface area contributed by atoms with Crippen molar-refractivity contribution in [3.63, 3.8) is 0 Å². The molecule has 2 heteroatoms. The minimum absolute atomic E-state index is 0. The van der Waals surface area contributed by atoms with E-state index in [1.165, 1.54) is 0 Å². The highest BCUT2D eigenvalue weighted by atomic mass is 16.3. The Morgan fingerprint density at radius 1 is 1.00 bits per heavy atom. The Labute approximate surface area is 102 Å². The van der Waals surface area contributed by atoms with E-state index in [1.54, 1.807) is 6.21 Å². The topological polar surface area (TPSA) is 32.6 Å². The van der Waals surface area contributed by atoms with Crippen LogP contribution in [0.15, 0.2) is 53.5 Å². The second-order valence-corrected chi connectivity index (χ2v) is 3.61. The van der Waals surface area contributed by atoms with Crippen LogP contribution in [0.25, 0.3) is 0 Å². The first-order chi connectivity index (χ1) is 7.77. The van der Waals surface area contributed by atoms with Crippen molar-refractivity contribution >= 4 is 11.9 Å². The maximum atomic E-state index is 9.78. The molecule has 0 aromatic heterocycles. The number of aryl methyl sites for hydroxylation is 1. The zero-order valence-electron chi connectivity index (χ0n) is 9.09. The maximum absolute atomic E-state index is 9.78. The van der Waals surface area contributed by atoms with Gasteiger partial charge in [-0.15, -0.1) is 0 Å². The van der Waals surface area contributed by atoms with E-state index >= 15 is 0 Å². The van der Waals surface area contributed by atoms with Crippen LogP contribution in [-0.4, -0.2) is 11.3 Å². The molecule has 2 rings (SSSR count). The zero-order chi connectivity index (χ0) is 11.4. The van der Waals surface area contributed by atoms with Gasteiger partial charge in [-0.3, -0.25) is 4.99 Å². The van der Waals surface area contributed by atoms with Gasteiger partial charge in [-0.1, -0.05) is 37.8 Å². The average Bonchev–Trinajstić information content (AvgIpc) is 2.32. The lowest BCUT2D eigenvalue weighted by atomic mass is 10.1. The van der Waals surface area contributed by atoms with E-state index in [2.05, 4.69) is 4.99 Å². The van der Waals surface area contributed by atoms with Gasteiger partial charge in [0.25, 0.3) is 0 Å². The SMILES string of the molecule is C.Cc1cccc(C=Nc2ccccc2)c1O. The van der Waals surface area contributed by atoms with Crippen LogP contribution < -0.4 is 0 Å². The number of hydrogen-bond donors (Lipinski definition) is 1. The van der Waals surface area contributed by atoms with Crippen molar-refractivity contribution < 1.29 is 5.11 Å². The third-order valence-corrected chi connectivity index (χ3v) is 2.38. The zero-order valence-corrected chi connectivity index (χ0v) is 9.09. The number of nitrogens with zero attached hydrogens (tertiary/aromatic N) is 1. The monoisotopic (exact) mass is 227 g/mol. The first-order valence-electron chi connectivity index (χ1n) is 5.15. The Bertz CT molecular complexity index is 504. The number of para-hydroxylation sites is 2. The molecule has 2 aromatic rings. The quantitative estimate of drug-likeness (QED) is 0.770. The van der Waals surface area contributed by atoms with Crippen LogP contribution in [-0.2, 0) is 0 Å². The van der Waals surface area contributed by atoms with Crippen molar-refractivity contribution in [2.75, 3.05) is 0 Å². The fourth-order valence-electron chi connectivity index (χ4n) is 1.44. The fraction of sp³-hybridized carbons (Fsp3) is 0.133. The van der Waals surface area contributed by atoms with Crippen LogP contribution in [0.4, 0.5) is 5.69 Å². The van der Waals surface area contributed by atoms with Crippen molar-refractivity contribution in [2.24, 2.45) is 4.99 Å². The Morgan fingerprint density at radius 2 is 1.71 bits per heavy atom. The molecule has 0 atom stereocenters. The summed E-state index contributed by atoms with van der Waals surface area (Å²) in [5.74, 6) is 0.294. The van der Waals surface area contributed by atoms with E-state index in [0.29, 0.717) is 5.75 Å². The van der Waals surface area contributed by atoms with Crippen LogP contribution >= 0.6 is 0 Å². The Kier molecular flexibility index (Phi) is 4.46. The standard InChI is InChI=1S/C14H13NO.CH4/c1-11-6-5-7-12(14(11)16)10-15-13-8-3-2-4-9-13;/h2-10,16H,1H3;1H4. The number of rotatable bonds is 2. The van der Waals surface area contributed by atoms with E-state index in [9.17, 15) is 5.11 Å². The molecule has 0 spiro atoms. The molecule has 88 valence electrons. The molecule has 2 nitrogen and oxygen atoms in total. The first-order valence-corrected chi connectivity index (χ1v) is 5.15. The normalized spacial score (nSPS) is 10.2. The van der Waals surface area contributed by atoms with Crippen molar-refractivity contribution in [1.29, 1.82) is 0 Å². The van der Waals surface area contributed by atoms with Crippen LogP contribution in [0.5, 0.6) is 5.75 Å². The summed E-state index contributed by atoms with van der Waals surface area (Å²) >= 11 is 0. The van der Waals surface area contributed by atoms with E-state index < -0.39 is 0 Å². The van der Waals surface area contributed by atoms with Gasteiger partial charge in [0.1, 0.15) is 5.75 Å². The molecular formula is C15H17NO. The maximum Gasteiger partial charge on any atom is 0.127 e. The number of phenols is 1. The number of benzene rings is 2. The van der Waals surface area contributed by atoms with E-state index in [1.807, 2.05) is 55.5 Å². The number of phenolic OH excluding ortho intramolecular Hbond substituents is 1. The molecule has 0 bridgehead atoms. The highest BCUT2D eigenvalue weighted by Gasteiger charge is 1.99. The molecule has 0 heterocycles. The Hall–Kier alpha value is -2.09. The van der Waals surface area contributed by atoms with Crippen molar-refractivity contribution in [3.05, 3.63) is 59.7 Å². The molecule has 0 saturated carbocycles. The van der Waals surface area contributed by atoms with Gasteiger partial charge >= 0.3 is 0 Å². The van der Waals surface area contributed by atoms with Gasteiger partial charge in [-0.2, -0.15) is 0 Å². The largest absolute Gasteiger partial charge is 0.507 e. The van der Waals surface area contributed by atoms with Crippen LogP contribution in [0, 0.1) is 6.92 Å². The van der Waals surface area contributed by atoms with Gasteiger partial charge in [0, 0.05) is 11.8 Å². The summed E-state index contributed by atoms with van der Waals surface area (Å²) in [4.78, 5) is 4.29. The number of aliphatic imine (C=N–C) groups is 1. The van der Waals surface area contributed by atoms with Gasteiger partial charge in [-0.25, -0.2) is 0 Å². The highest BCUT2D eigenvalue weighted by Crippen LogP contribution is 2.20. The molecule has 0 aliphatic rings. The summed E-state index contributed by atoms with van der Waals surface area (Å²) in [6.45, 7) is 1.87. The van der Waals surface area contributed by atoms with Gasteiger partial charge < -0.3 is 5.11 Å². The highest BCUT2D eigenvalue weighted by molar-refractivity contribution is 5.85. The lowest BCUT2D eigenvalue weighted by molar-refractivity contribution is 0.470. The summed E-state index contributed by atoms with van der Waals surface area (Å²) in [5, 5.41) is 9.78. The fourth-order valence-corrected chi connectivity index (χ4v) is 1.44. The van der Waals surface area contributed by atoms with Crippen molar-refractivity contribution in [2.45, 2.75) is 14.4 Å². The second kappa shape index (κ2) is 5.85. The van der Waals surface area contributed by atoms with Crippen molar-refractivity contribution in [1.82, 2.24) is 0 Å². The molecule has 17 heavy (non-hydrogen) atoms. The van der Waals surface area contributed by atoms with Gasteiger partial charge in [0.05, 0.1) is 5.69 Å². The molecule has 1 N–H and O–H groups in total. The summed E-state index contributed by atoms with van der Waals surface area (Å²) in [5.41, 5.74) is 2.48. The van der Waals surface area contributed by atoms with Crippen molar-refractivity contribution in [3.8, 4) is 5.75 Å². The van der Waals surface area contributed by atoms with E-state index in [0.717, 1.165) is 16.8 Å². The minimum Gasteiger partial charge on any atom is -0.507 e. The molecule has 0 radical (unpaired) electrons. The van der Waals surface area contributed by atoms with E-state index in [4.69, 9.17) is 0 Å².